The number of rotatable bonds is 1. The third-order valence-electron chi connectivity index (χ3n) is 5.51. The molecule has 0 aromatic heterocycles. The molecule has 0 heterocycles. The molecule has 1 nitrogen and oxygen atoms in total. The molecule has 2 aliphatic carbocycles. The van der Waals surface area contributed by atoms with E-state index in [0.717, 1.165) is 11.5 Å². The lowest BCUT2D eigenvalue weighted by Crippen LogP contribution is -2.28. The van der Waals surface area contributed by atoms with Gasteiger partial charge >= 0.3 is 0 Å². The first kappa shape index (κ1) is 10.2. The fraction of sp³-hybridized carbons (Fsp3) is 0.600. The highest BCUT2D eigenvalue weighted by Gasteiger charge is 2.65. The summed E-state index contributed by atoms with van der Waals surface area (Å²) >= 11 is 0. The Kier molecular flexibility index (Phi) is 1.80. The molecule has 0 radical (unpaired) electrons. The van der Waals surface area contributed by atoms with E-state index >= 15 is 0 Å². The zero-order valence-corrected chi connectivity index (χ0v) is 10.4. The van der Waals surface area contributed by atoms with Crippen molar-refractivity contribution < 1.29 is 5.11 Å². The van der Waals surface area contributed by atoms with Gasteiger partial charge in [0.1, 0.15) is 5.75 Å². The second-order valence-corrected chi connectivity index (χ2v) is 6.19. The quantitative estimate of drug-likeness (QED) is 0.757. The van der Waals surface area contributed by atoms with Crippen LogP contribution in [0, 0.1) is 18.3 Å². The smallest absolute Gasteiger partial charge is 0.118 e. The summed E-state index contributed by atoms with van der Waals surface area (Å²) in [4.78, 5) is 0. The number of hydrogen-bond donors (Lipinski definition) is 1. The molecule has 3 rings (SSSR count). The fourth-order valence-electron chi connectivity index (χ4n) is 3.72. The minimum absolute atomic E-state index is 0.281. The van der Waals surface area contributed by atoms with Gasteiger partial charge in [0.15, 0.2) is 0 Å². The SMILES string of the molecule is Cc1ccc(C2(C)CCC3CC32C)cc1O. The van der Waals surface area contributed by atoms with Gasteiger partial charge < -0.3 is 5.11 Å². The average Bonchev–Trinajstić information content (AvgIpc) is 2.85. The van der Waals surface area contributed by atoms with Crippen LogP contribution in [0.25, 0.3) is 0 Å². The standard InChI is InChI=1S/C15H20O/c1-10-4-5-11(8-13(10)16)14(2)7-6-12-9-15(12,14)3/h4-5,8,12,16H,6-7,9H2,1-3H3. The molecular formula is C15H20O. The topological polar surface area (TPSA) is 20.2 Å². The van der Waals surface area contributed by atoms with Crippen molar-refractivity contribution in [1.29, 1.82) is 0 Å². The molecule has 2 aliphatic rings. The van der Waals surface area contributed by atoms with E-state index in [9.17, 15) is 5.11 Å². The first-order chi connectivity index (χ1) is 7.47. The van der Waals surface area contributed by atoms with E-state index in [4.69, 9.17) is 0 Å². The van der Waals surface area contributed by atoms with E-state index in [1.54, 1.807) is 0 Å². The van der Waals surface area contributed by atoms with Crippen LogP contribution in [0.15, 0.2) is 18.2 Å². The molecule has 0 aliphatic heterocycles. The predicted octanol–water partition coefficient (Wildman–Crippen LogP) is 3.78. The molecule has 0 amide bonds. The van der Waals surface area contributed by atoms with Gasteiger partial charge in [0.05, 0.1) is 0 Å². The van der Waals surface area contributed by atoms with Crippen LogP contribution in [-0.2, 0) is 5.41 Å². The Morgan fingerprint density at radius 3 is 2.56 bits per heavy atom. The highest BCUT2D eigenvalue weighted by atomic mass is 16.3. The molecule has 1 aromatic rings. The van der Waals surface area contributed by atoms with E-state index in [2.05, 4.69) is 26.0 Å². The van der Waals surface area contributed by atoms with Crippen molar-refractivity contribution in [3.63, 3.8) is 0 Å². The maximum Gasteiger partial charge on any atom is 0.118 e. The van der Waals surface area contributed by atoms with Gasteiger partial charge in [0.25, 0.3) is 0 Å². The molecule has 0 spiro atoms. The van der Waals surface area contributed by atoms with Crippen molar-refractivity contribution in [3.8, 4) is 5.75 Å². The molecule has 0 bridgehead atoms. The molecule has 16 heavy (non-hydrogen) atoms. The third kappa shape index (κ3) is 1.07. The largest absolute Gasteiger partial charge is 0.508 e. The molecular weight excluding hydrogens is 196 g/mol. The summed E-state index contributed by atoms with van der Waals surface area (Å²) < 4.78 is 0. The number of fused-ring (bicyclic) bond motifs is 1. The molecule has 3 atom stereocenters. The Balaban J connectivity index is 2.06. The summed E-state index contributed by atoms with van der Waals surface area (Å²) in [6.07, 6.45) is 4.01. The summed E-state index contributed by atoms with van der Waals surface area (Å²) in [5.74, 6) is 1.38. The zero-order chi connectivity index (χ0) is 11.6. The van der Waals surface area contributed by atoms with Crippen molar-refractivity contribution in [1.82, 2.24) is 0 Å². The first-order valence-electron chi connectivity index (χ1n) is 6.27. The van der Waals surface area contributed by atoms with Gasteiger partial charge in [0, 0.05) is 0 Å². The van der Waals surface area contributed by atoms with Crippen LogP contribution in [0.5, 0.6) is 5.75 Å². The van der Waals surface area contributed by atoms with Crippen LogP contribution in [0.1, 0.15) is 44.2 Å². The predicted molar refractivity (Wildman–Crippen MR) is 65.6 cm³/mol. The van der Waals surface area contributed by atoms with E-state index in [0.29, 0.717) is 11.2 Å². The summed E-state index contributed by atoms with van der Waals surface area (Å²) in [6, 6.07) is 6.25. The Bertz CT molecular complexity index is 449. The monoisotopic (exact) mass is 216 g/mol. The van der Waals surface area contributed by atoms with Crippen molar-refractivity contribution >= 4 is 0 Å². The highest BCUT2D eigenvalue weighted by Crippen LogP contribution is 2.72. The van der Waals surface area contributed by atoms with Crippen LogP contribution < -0.4 is 0 Å². The van der Waals surface area contributed by atoms with Gasteiger partial charge in [-0.15, -0.1) is 0 Å². The maximum absolute atomic E-state index is 9.86. The molecule has 86 valence electrons. The van der Waals surface area contributed by atoms with Crippen LogP contribution in [0.3, 0.4) is 0 Å². The Labute approximate surface area is 97.5 Å². The second kappa shape index (κ2) is 2.82. The van der Waals surface area contributed by atoms with Crippen molar-refractivity contribution in [2.45, 2.75) is 45.4 Å². The number of phenolic OH excluding ortho intramolecular Hbond substituents is 1. The van der Waals surface area contributed by atoms with Gasteiger partial charge in [-0.05, 0) is 60.1 Å². The Morgan fingerprint density at radius 2 is 2.06 bits per heavy atom. The molecule has 1 aromatic carbocycles. The minimum atomic E-state index is 0.281. The number of aryl methyl sites for hydroxylation is 1. The van der Waals surface area contributed by atoms with Crippen LogP contribution in [0.2, 0.25) is 0 Å². The van der Waals surface area contributed by atoms with Crippen molar-refractivity contribution in [3.05, 3.63) is 29.3 Å². The van der Waals surface area contributed by atoms with Gasteiger partial charge in [-0.1, -0.05) is 26.0 Å². The Morgan fingerprint density at radius 1 is 1.31 bits per heavy atom. The molecule has 2 fully saturated rings. The van der Waals surface area contributed by atoms with E-state index in [1.807, 2.05) is 13.0 Å². The zero-order valence-electron chi connectivity index (χ0n) is 10.4. The highest BCUT2D eigenvalue weighted by molar-refractivity contribution is 5.42. The molecule has 1 N–H and O–H groups in total. The lowest BCUT2D eigenvalue weighted by Gasteiger charge is -2.33. The molecule has 1 heteroatoms. The molecule has 2 saturated carbocycles. The van der Waals surface area contributed by atoms with Crippen LogP contribution >= 0.6 is 0 Å². The van der Waals surface area contributed by atoms with Crippen LogP contribution in [0.4, 0.5) is 0 Å². The van der Waals surface area contributed by atoms with Crippen LogP contribution in [-0.4, -0.2) is 5.11 Å². The summed E-state index contributed by atoms with van der Waals surface area (Å²) in [7, 11) is 0. The lowest BCUT2D eigenvalue weighted by atomic mass is 9.70. The van der Waals surface area contributed by atoms with Gasteiger partial charge in [-0.25, -0.2) is 0 Å². The minimum Gasteiger partial charge on any atom is -0.508 e. The molecule has 0 saturated heterocycles. The van der Waals surface area contributed by atoms with Crippen molar-refractivity contribution in [2.24, 2.45) is 11.3 Å². The van der Waals surface area contributed by atoms with E-state index in [-0.39, 0.29) is 5.41 Å². The summed E-state index contributed by atoms with van der Waals surface area (Å²) in [5.41, 5.74) is 3.08. The van der Waals surface area contributed by atoms with E-state index < -0.39 is 0 Å². The first-order valence-corrected chi connectivity index (χ1v) is 6.27. The number of aromatic hydroxyl groups is 1. The number of phenols is 1. The van der Waals surface area contributed by atoms with Gasteiger partial charge in [0.2, 0.25) is 0 Å². The lowest BCUT2D eigenvalue weighted by molar-refractivity contribution is 0.310. The van der Waals surface area contributed by atoms with Gasteiger partial charge in [-0.2, -0.15) is 0 Å². The fourth-order valence-corrected chi connectivity index (χ4v) is 3.72. The summed E-state index contributed by atoms with van der Waals surface area (Å²) in [5, 5.41) is 9.86. The van der Waals surface area contributed by atoms with Crippen molar-refractivity contribution in [2.75, 3.05) is 0 Å². The normalized spacial score (nSPS) is 40.8. The third-order valence-corrected chi connectivity index (χ3v) is 5.51. The Hall–Kier alpha value is -0.980. The summed E-state index contributed by atoms with van der Waals surface area (Å²) in [6.45, 7) is 6.75. The van der Waals surface area contributed by atoms with Gasteiger partial charge in [-0.3, -0.25) is 0 Å². The maximum atomic E-state index is 9.86. The van der Waals surface area contributed by atoms with E-state index in [1.165, 1.54) is 24.8 Å². The second-order valence-electron chi connectivity index (χ2n) is 6.19. The number of benzene rings is 1. The number of hydrogen-bond acceptors (Lipinski definition) is 1. The average molecular weight is 216 g/mol. The molecule has 3 unspecified atom stereocenters.